The number of para-hydroxylation sites is 2. The number of ether oxygens (including phenoxy) is 1. The number of methoxy groups -OCH3 is 1. The van der Waals surface area contributed by atoms with Gasteiger partial charge in [-0.15, -0.1) is 0 Å². The van der Waals surface area contributed by atoms with Gasteiger partial charge in [0.2, 0.25) is 0 Å². The van der Waals surface area contributed by atoms with Crippen LogP contribution in [0.3, 0.4) is 0 Å². The van der Waals surface area contributed by atoms with Crippen molar-refractivity contribution >= 4 is 11.6 Å². The van der Waals surface area contributed by atoms with Crippen LogP contribution in [0.2, 0.25) is 0 Å². The molecule has 0 radical (unpaired) electrons. The van der Waals surface area contributed by atoms with Crippen molar-refractivity contribution in [3.05, 3.63) is 70.9 Å². The summed E-state index contributed by atoms with van der Waals surface area (Å²) in [5, 5.41) is 15.3. The number of nitriles is 1. The molecule has 0 bridgehead atoms. The molecule has 0 heterocycles. The van der Waals surface area contributed by atoms with E-state index >= 15 is 0 Å². The molecule has 0 aliphatic heterocycles. The maximum absolute atomic E-state index is 12.5. The Kier molecular flexibility index (Phi) is 6.33. The average Bonchev–Trinajstić information content (AvgIpc) is 2.74. The summed E-state index contributed by atoms with van der Waals surface area (Å²) in [6.45, 7) is 2.02. The van der Waals surface area contributed by atoms with Crippen LogP contribution >= 0.6 is 0 Å². The standard InChI is InChI=1S/C23H25N3O2/c1-16(18-12-11-17-7-3-4-8-19(17)13-18)25-15-20(14-24)23(27)26-21-9-5-6-10-22(21)28-2/h5-6,9-13,15-16,25H,3-4,7-8H2,1-2H3,(H,26,27)/b20-15-. The van der Waals surface area contributed by atoms with Gasteiger partial charge in [-0.3, -0.25) is 4.79 Å². The van der Waals surface area contributed by atoms with Crippen LogP contribution in [0, 0.1) is 11.3 Å². The minimum Gasteiger partial charge on any atom is -0.495 e. The molecule has 5 heteroatoms. The second kappa shape index (κ2) is 9.09. The molecular weight excluding hydrogens is 350 g/mol. The summed E-state index contributed by atoms with van der Waals surface area (Å²) in [4.78, 5) is 12.5. The Morgan fingerprint density at radius 2 is 1.93 bits per heavy atom. The molecule has 2 aromatic rings. The number of nitrogens with one attached hydrogen (secondary N) is 2. The first-order valence-electron chi connectivity index (χ1n) is 9.54. The molecule has 1 unspecified atom stereocenters. The number of amides is 1. The molecule has 0 saturated carbocycles. The zero-order valence-corrected chi connectivity index (χ0v) is 16.3. The normalized spacial score (nSPS) is 14.4. The molecule has 1 aliphatic rings. The van der Waals surface area contributed by atoms with Gasteiger partial charge in [-0.1, -0.05) is 30.3 Å². The van der Waals surface area contributed by atoms with Crippen LogP contribution in [0.5, 0.6) is 5.75 Å². The molecule has 0 fully saturated rings. The Labute approximate surface area is 166 Å². The zero-order valence-electron chi connectivity index (χ0n) is 16.3. The molecular formula is C23H25N3O2. The number of rotatable bonds is 6. The van der Waals surface area contributed by atoms with E-state index in [1.165, 1.54) is 37.3 Å². The molecule has 0 spiro atoms. The largest absolute Gasteiger partial charge is 0.495 e. The number of aryl methyl sites for hydroxylation is 2. The van der Waals surface area contributed by atoms with Crippen molar-refractivity contribution in [2.24, 2.45) is 0 Å². The van der Waals surface area contributed by atoms with Crippen molar-refractivity contribution < 1.29 is 9.53 Å². The van der Waals surface area contributed by atoms with E-state index in [2.05, 4.69) is 28.8 Å². The Morgan fingerprint density at radius 1 is 1.18 bits per heavy atom. The Morgan fingerprint density at radius 3 is 2.68 bits per heavy atom. The first-order valence-corrected chi connectivity index (χ1v) is 9.54. The predicted octanol–water partition coefficient (Wildman–Crippen LogP) is 4.27. The highest BCUT2D eigenvalue weighted by Gasteiger charge is 2.14. The number of carbonyl (C=O) groups excluding carboxylic acids is 1. The fourth-order valence-corrected chi connectivity index (χ4v) is 3.41. The predicted molar refractivity (Wildman–Crippen MR) is 110 cm³/mol. The Bertz CT molecular complexity index is 928. The number of hydrogen-bond acceptors (Lipinski definition) is 4. The van der Waals surface area contributed by atoms with Crippen LogP contribution < -0.4 is 15.4 Å². The first kappa shape index (κ1) is 19.5. The van der Waals surface area contributed by atoms with Gasteiger partial charge in [0.15, 0.2) is 0 Å². The third-order valence-electron chi connectivity index (χ3n) is 5.07. The van der Waals surface area contributed by atoms with Gasteiger partial charge < -0.3 is 15.4 Å². The molecule has 2 aromatic carbocycles. The highest BCUT2D eigenvalue weighted by atomic mass is 16.5. The smallest absolute Gasteiger partial charge is 0.267 e. The molecule has 28 heavy (non-hydrogen) atoms. The van der Waals surface area contributed by atoms with Crippen LogP contribution in [0.1, 0.15) is 42.5 Å². The van der Waals surface area contributed by atoms with E-state index in [0.29, 0.717) is 11.4 Å². The number of fused-ring (bicyclic) bond motifs is 1. The first-order chi connectivity index (χ1) is 13.6. The van der Waals surface area contributed by atoms with Gasteiger partial charge in [-0.05, 0) is 61.4 Å². The lowest BCUT2D eigenvalue weighted by atomic mass is 9.89. The highest BCUT2D eigenvalue weighted by molar-refractivity contribution is 6.07. The minimum atomic E-state index is -0.475. The number of carbonyl (C=O) groups is 1. The Balaban J connectivity index is 1.69. The molecule has 1 atom stereocenters. The summed E-state index contributed by atoms with van der Waals surface area (Å²) in [7, 11) is 1.54. The van der Waals surface area contributed by atoms with E-state index in [9.17, 15) is 10.1 Å². The van der Waals surface area contributed by atoms with Crippen LogP contribution in [0.25, 0.3) is 0 Å². The molecule has 144 valence electrons. The lowest BCUT2D eigenvalue weighted by molar-refractivity contribution is -0.112. The summed E-state index contributed by atoms with van der Waals surface area (Å²) in [5.41, 5.74) is 4.54. The Hall–Kier alpha value is -3.26. The number of anilines is 1. The van der Waals surface area contributed by atoms with E-state index in [0.717, 1.165) is 18.4 Å². The van der Waals surface area contributed by atoms with Gasteiger partial charge in [0.05, 0.1) is 12.8 Å². The van der Waals surface area contributed by atoms with Gasteiger partial charge in [-0.2, -0.15) is 5.26 Å². The fourth-order valence-electron chi connectivity index (χ4n) is 3.41. The average molecular weight is 375 g/mol. The second-order valence-corrected chi connectivity index (χ2v) is 6.95. The van der Waals surface area contributed by atoms with Crippen molar-refractivity contribution in [1.82, 2.24) is 5.32 Å². The van der Waals surface area contributed by atoms with Crippen LogP contribution in [0.15, 0.2) is 54.2 Å². The van der Waals surface area contributed by atoms with Gasteiger partial charge in [0, 0.05) is 12.2 Å². The molecule has 0 saturated heterocycles. The lowest BCUT2D eigenvalue weighted by Crippen LogP contribution is -2.19. The van der Waals surface area contributed by atoms with E-state index in [1.54, 1.807) is 18.2 Å². The van der Waals surface area contributed by atoms with Gasteiger partial charge in [0.25, 0.3) is 5.91 Å². The topological polar surface area (TPSA) is 74.1 Å². The van der Waals surface area contributed by atoms with E-state index in [-0.39, 0.29) is 11.6 Å². The summed E-state index contributed by atoms with van der Waals surface area (Å²) >= 11 is 0. The monoisotopic (exact) mass is 375 g/mol. The highest BCUT2D eigenvalue weighted by Crippen LogP contribution is 2.25. The summed E-state index contributed by atoms with van der Waals surface area (Å²) in [5.74, 6) is 0.0701. The van der Waals surface area contributed by atoms with Crippen molar-refractivity contribution in [3.63, 3.8) is 0 Å². The van der Waals surface area contributed by atoms with Crippen molar-refractivity contribution in [2.75, 3.05) is 12.4 Å². The number of benzene rings is 2. The van der Waals surface area contributed by atoms with Crippen molar-refractivity contribution in [2.45, 2.75) is 38.6 Å². The fraction of sp³-hybridized carbons (Fsp3) is 0.304. The molecule has 0 aromatic heterocycles. The van der Waals surface area contributed by atoms with E-state index in [4.69, 9.17) is 4.74 Å². The van der Waals surface area contributed by atoms with E-state index in [1.807, 2.05) is 19.1 Å². The summed E-state index contributed by atoms with van der Waals surface area (Å²) in [6, 6.07) is 15.6. The third kappa shape index (κ3) is 4.52. The maximum Gasteiger partial charge on any atom is 0.267 e. The van der Waals surface area contributed by atoms with E-state index < -0.39 is 5.91 Å². The summed E-state index contributed by atoms with van der Waals surface area (Å²) in [6.07, 6.45) is 6.25. The van der Waals surface area contributed by atoms with Gasteiger partial charge in [-0.25, -0.2) is 0 Å². The second-order valence-electron chi connectivity index (χ2n) is 6.95. The third-order valence-corrected chi connectivity index (χ3v) is 5.07. The maximum atomic E-state index is 12.5. The van der Waals surface area contributed by atoms with Crippen molar-refractivity contribution in [1.29, 1.82) is 5.26 Å². The minimum absolute atomic E-state index is 0.00496. The number of hydrogen-bond donors (Lipinski definition) is 2. The summed E-state index contributed by atoms with van der Waals surface area (Å²) < 4.78 is 5.23. The quantitative estimate of drug-likeness (QED) is 0.584. The molecule has 2 N–H and O–H groups in total. The zero-order chi connectivity index (χ0) is 19.9. The lowest BCUT2D eigenvalue weighted by Gasteiger charge is -2.19. The molecule has 5 nitrogen and oxygen atoms in total. The number of nitrogens with zero attached hydrogens (tertiary/aromatic N) is 1. The SMILES string of the molecule is COc1ccccc1NC(=O)/C(C#N)=C\NC(C)c1ccc2c(c1)CCCC2. The molecule has 3 rings (SSSR count). The van der Waals surface area contributed by atoms with Crippen LogP contribution in [-0.2, 0) is 17.6 Å². The van der Waals surface area contributed by atoms with Gasteiger partial charge >= 0.3 is 0 Å². The molecule has 1 amide bonds. The van der Waals surface area contributed by atoms with Crippen LogP contribution in [0.4, 0.5) is 5.69 Å². The van der Waals surface area contributed by atoms with Crippen LogP contribution in [-0.4, -0.2) is 13.0 Å². The van der Waals surface area contributed by atoms with Gasteiger partial charge in [0.1, 0.15) is 17.4 Å². The van der Waals surface area contributed by atoms with Crippen molar-refractivity contribution in [3.8, 4) is 11.8 Å². The molecule has 1 aliphatic carbocycles.